The van der Waals surface area contributed by atoms with Gasteiger partial charge in [0.2, 0.25) is 5.91 Å². The third-order valence-electron chi connectivity index (χ3n) is 3.56. The second-order valence-electron chi connectivity index (χ2n) is 5.20. The Labute approximate surface area is 162 Å². The van der Waals surface area contributed by atoms with Gasteiger partial charge in [0, 0.05) is 28.4 Å². The number of aliphatic carboxylic acids is 1. The Kier molecular flexibility index (Phi) is 8.35. The van der Waals surface area contributed by atoms with Crippen molar-refractivity contribution in [1.29, 1.82) is 0 Å². The van der Waals surface area contributed by atoms with Gasteiger partial charge in [0.15, 0.2) is 0 Å². The summed E-state index contributed by atoms with van der Waals surface area (Å²) in [4.78, 5) is 26.1. The van der Waals surface area contributed by atoms with E-state index in [2.05, 4.69) is 12.6 Å². The quantitative estimate of drug-likeness (QED) is 0.498. The average Bonchev–Trinajstić information content (AvgIpc) is 2.90. The molecule has 1 heterocycles. The number of benzene rings is 1. The van der Waals surface area contributed by atoms with E-state index in [1.54, 1.807) is 18.7 Å². The molecule has 1 fully saturated rings. The fourth-order valence-electron chi connectivity index (χ4n) is 2.40. The van der Waals surface area contributed by atoms with Gasteiger partial charge in [0.05, 0.1) is 12.0 Å². The van der Waals surface area contributed by atoms with Gasteiger partial charge >= 0.3 is 29.6 Å². The number of thiol groups is 1. The average molecular weight is 347 g/mol. The summed E-state index contributed by atoms with van der Waals surface area (Å²) in [6.45, 7) is 2.20. The van der Waals surface area contributed by atoms with Crippen LogP contribution in [0.25, 0.3) is 0 Å². The van der Waals surface area contributed by atoms with Crippen LogP contribution in [0.4, 0.5) is 0 Å². The number of carboxylic acids is 1. The van der Waals surface area contributed by atoms with E-state index in [-0.39, 0.29) is 46.6 Å². The van der Waals surface area contributed by atoms with Gasteiger partial charge in [-0.25, -0.2) is 0 Å². The van der Waals surface area contributed by atoms with Crippen LogP contribution in [0.5, 0.6) is 0 Å². The third-order valence-corrected chi connectivity index (χ3v) is 5.33. The number of hydrogen-bond donors (Lipinski definition) is 1. The number of nitrogens with zero attached hydrogens (tertiary/aromatic N) is 1. The van der Waals surface area contributed by atoms with Gasteiger partial charge in [-0.05, 0) is 18.6 Å². The molecule has 0 radical (unpaired) electrons. The van der Waals surface area contributed by atoms with Crippen molar-refractivity contribution in [2.45, 2.75) is 29.5 Å². The molecule has 0 saturated carbocycles. The summed E-state index contributed by atoms with van der Waals surface area (Å²) in [6, 6.07) is 8.96. The molecule has 3 atom stereocenters. The number of hydrogen-bond acceptors (Lipinski definition) is 5. The van der Waals surface area contributed by atoms with E-state index >= 15 is 0 Å². The van der Waals surface area contributed by atoms with E-state index in [1.165, 1.54) is 4.90 Å². The van der Waals surface area contributed by atoms with E-state index in [0.29, 0.717) is 18.7 Å². The standard InChI is InChI=1S/C15H19NO3S2.Na/c1-10(9-20)14(17)16-8-12(7-13(16)15(18)19)21-11-5-3-2-4-6-11;/h2-6,10,12-13,20H,7-9H2,1H3,(H,18,19);/q;+1/p-1/t10-,12+,13+;/m0./s1. The minimum Gasteiger partial charge on any atom is -0.548 e. The maximum absolute atomic E-state index is 12.3. The van der Waals surface area contributed by atoms with Crippen molar-refractivity contribution < 1.29 is 44.3 Å². The molecule has 0 spiro atoms. The van der Waals surface area contributed by atoms with Crippen LogP contribution in [0, 0.1) is 5.92 Å². The topological polar surface area (TPSA) is 60.4 Å². The van der Waals surface area contributed by atoms with Crippen molar-refractivity contribution in [1.82, 2.24) is 4.90 Å². The normalized spacial score (nSPS) is 22.0. The Balaban J connectivity index is 0.00000242. The van der Waals surface area contributed by atoms with Gasteiger partial charge < -0.3 is 14.8 Å². The summed E-state index contributed by atoms with van der Waals surface area (Å²) in [5.74, 6) is -1.21. The number of rotatable bonds is 5. The fraction of sp³-hybridized carbons (Fsp3) is 0.467. The van der Waals surface area contributed by atoms with Crippen LogP contribution in [0.15, 0.2) is 35.2 Å². The number of carboxylic acid groups (broad SMARTS) is 1. The van der Waals surface area contributed by atoms with Gasteiger partial charge in [-0.15, -0.1) is 11.8 Å². The molecular weight excluding hydrogens is 329 g/mol. The molecule has 22 heavy (non-hydrogen) atoms. The van der Waals surface area contributed by atoms with E-state index < -0.39 is 12.0 Å². The smallest absolute Gasteiger partial charge is 0.548 e. The Hall–Kier alpha value is -0.140. The van der Waals surface area contributed by atoms with E-state index in [1.807, 2.05) is 30.3 Å². The minimum absolute atomic E-state index is 0. The molecule has 2 rings (SSSR count). The molecule has 114 valence electrons. The van der Waals surface area contributed by atoms with Gasteiger partial charge in [0.25, 0.3) is 0 Å². The maximum atomic E-state index is 12.3. The van der Waals surface area contributed by atoms with Gasteiger partial charge in [-0.3, -0.25) is 4.79 Å². The van der Waals surface area contributed by atoms with Crippen LogP contribution >= 0.6 is 24.4 Å². The van der Waals surface area contributed by atoms with Crippen molar-refractivity contribution in [2.75, 3.05) is 12.3 Å². The van der Waals surface area contributed by atoms with E-state index in [0.717, 1.165) is 4.90 Å². The predicted molar refractivity (Wildman–Crippen MR) is 84.2 cm³/mol. The molecule has 1 aromatic carbocycles. The molecule has 0 aromatic heterocycles. The molecular formula is C15H18NNaO3S2. The number of carbonyl (C=O) groups is 2. The summed E-state index contributed by atoms with van der Waals surface area (Å²) in [7, 11) is 0. The van der Waals surface area contributed by atoms with Gasteiger partial charge in [-0.1, -0.05) is 25.1 Å². The molecule has 7 heteroatoms. The molecule has 0 aliphatic carbocycles. The van der Waals surface area contributed by atoms with Crippen molar-refractivity contribution in [3.8, 4) is 0 Å². The van der Waals surface area contributed by atoms with Crippen molar-refractivity contribution >= 4 is 36.3 Å². The van der Waals surface area contributed by atoms with E-state index in [9.17, 15) is 14.7 Å². The van der Waals surface area contributed by atoms with Crippen LogP contribution in [0.2, 0.25) is 0 Å². The van der Waals surface area contributed by atoms with Gasteiger partial charge in [-0.2, -0.15) is 12.6 Å². The Bertz CT molecular complexity index is 515. The second-order valence-corrected chi connectivity index (χ2v) is 6.94. The SMILES string of the molecule is C[C@@H](CS)C(=O)N1C[C@H](Sc2ccccc2)C[C@@H]1C(=O)[O-].[Na+]. The zero-order chi connectivity index (χ0) is 15.4. The molecule has 4 nitrogen and oxygen atoms in total. The fourth-order valence-corrected chi connectivity index (χ4v) is 3.77. The van der Waals surface area contributed by atoms with Crippen molar-refractivity contribution in [3.05, 3.63) is 30.3 Å². The van der Waals surface area contributed by atoms with Crippen molar-refractivity contribution in [3.63, 3.8) is 0 Å². The minimum atomic E-state index is -1.18. The third kappa shape index (κ3) is 4.93. The zero-order valence-corrected chi connectivity index (χ0v) is 16.5. The number of thioether (sulfide) groups is 1. The van der Waals surface area contributed by atoms with Crippen LogP contribution in [-0.2, 0) is 9.59 Å². The summed E-state index contributed by atoms with van der Waals surface area (Å²) in [5, 5.41) is 11.4. The Morgan fingerprint density at radius 2 is 2.05 bits per heavy atom. The first-order chi connectivity index (χ1) is 10.0. The van der Waals surface area contributed by atoms with Crippen LogP contribution in [0.3, 0.4) is 0 Å². The Morgan fingerprint density at radius 3 is 2.59 bits per heavy atom. The predicted octanol–water partition coefficient (Wildman–Crippen LogP) is -1.93. The molecule has 1 amide bonds. The largest absolute Gasteiger partial charge is 1.00 e. The Morgan fingerprint density at radius 1 is 1.41 bits per heavy atom. The number of amides is 1. The number of likely N-dealkylation sites (tertiary alicyclic amines) is 1. The monoisotopic (exact) mass is 347 g/mol. The van der Waals surface area contributed by atoms with E-state index in [4.69, 9.17) is 0 Å². The molecule has 1 saturated heterocycles. The van der Waals surface area contributed by atoms with Crippen LogP contribution in [0.1, 0.15) is 13.3 Å². The maximum Gasteiger partial charge on any atom is 1.00 e. The molecule has 1 aliphatic heterocycles. The summed E-state index contributed by atoms with van der Waals surface area (Å²) in [6.07, 6.45) is 0.424. The van der Waals surface area contributed by atoms with Crippen LogP contribution in [-0.4, -0.2) is 40.4 Å². The molecule has 0 bridgehead atoms. The number of carbonyl (C=O) groups excluding carboxylic acids is 2. The second kappa shape index (κ2) is 9.23. The first-order valence-electron chi connectivity index (χ1n) is 6.86. The van der Waals surface area contributed by atoms with Gasteiger partial charge in [0.1, 0.15) is 0 Å². The molecule has 0 N–H and O–H groups in total. The molecule has 1 aromatic rings. The summed E-state index contributed by atoms with van der Waals surface area (Å²) >= 11 is 5.72. The summed E-state index contributed by atoms with van der Waals surface area (Å²) < 4.78 is 0. The molecule has 0 unspecified atom stereocenters. The first-order valence-corrected chi connectivity index (χ1v) is 8.38. The first kappa shape index (κ1) is 19.9. The molecule has 1 aliphatic rings. The summed E-state index contributed by atoms with van der Waals surface area (Å²) in [5.41, 5.74) is 0. The van der Waals surface area contributed by atoms with Crippen molar-refractivity contribution in [2.24, 2.45) is 5.92 Å². The van der Waals surface area contributed by atoms with Crippen LogP contribution < -0.4 is 34.7 Å². The zero-order valence-electron chi connectivity index (χ0n) is 12.8.